The molecule has 0 aromatic heterocycles. The van der Waals surface area contributed by atoms with Gasteiger partial charge in [0.25, 0.3) is 0 Å². The molecule has 0 aliphatic carbocycles. The molecule has 2 heteroatoms. The molecule has 1 aromatic rings. The van der Waals surface area contributed by atoms with E-state index < -0.39 is 0 Å². The molecule has 1 aromatic carbocycles. The molecule has 0 fully saturated rings. The van der Waals surface area contributed by atoms with Gasteiger partial charge in [-0.05, 0) is 36.5 Å². The Morgan fingerprint density at radius 1 is 1.13 bits per heavy atom. The van der Waals surface area contributed by atoms with Crippen LogP contribution in [0.2, 0.25) is 0 Å². The molecule has 0 aliphatic rings. The number of phenols is 2. The van der Waals surface area contributed by atoms with Crippen molar-refractivity contribution in [3.05, 3.63) is 23.3 Å². The molecule has 0 aliphatic heterocycles. The van der Waals surface area contributed by atoms with Crippen molar-refractivity contribution in [2.24, 2.45) is 0 Å². The van der Waals surface area contributed by atoms with Crippen LogP contribution in [0.4, 0.5) is 0 Å². The summed E-state index contributed by atoms with van der Waals surface area (Å²) in [4.78, 5) is 0. The summed E-state index contributed by atoms with van der Waals surface area (Å²) in [6.07, 6.45) is 2.05. The standard InChI is InChI=1S/C13H20O2/c1-5-6-13(3,4)10-8-11(14)9(2)7-12(10)15/h7-8,14-15H,5-6H2,1-4H3. The fourth-order valence-electron chi connectivity index (χ4n) is 1.98. The summed E-state index contributed by atoms with van der Waals surface area (Å²) in [6.45, 7) is 8.07. The third-order valence-corrected chi connectivity index (χ3v) is 2.92. The van der Waals surface area contributed by atoms with Gasteiger partial charge >= 0.3 is 0 Å². The van der Waals surface area contributed by atoms with E-state index in [1.165, 1.54) is 0 Å². The summed E-state index contributed by atoms with van der Waals surface area (Å²) >= 11 is 0. The lowest BCUT2D eigenvalue weighted by molar-refractivity contribution is 0.408. The Kier molecular flexibility index (Phi) is 3.28. The average Bonchev–Trinajstić information content (AvgIpc) is 2.11. The summed E-state index contributed by atoms with van der Waals surface area (Å²) < 4.78 is 0. The highest BCUT2D eigenvalue weighted by molar-refractivity contribution is 5.47. The molecule has 15 heavy (non-hydrogen) atoms. The second kappa shape index (κ2) is 4.13. The van der Waals surface area contributed by atoms with Crippen LogP contribution in [0.5, 0.6) is 11.5 Å². The van der Waals surface area contributed by atoms with Crippen molar-refractivity contribution in [3.63, 3.8) is 0 Å². The van der Waals surface area contributed by atoms with Crippen molar-refractivity contribution in [3.8, 4) is 11.5 Å². The maximum absolute atomic E-state index is 9.87. The van der Waals surface area contributed by atoms with Crippen molar-refractivity contribution < 1.29 is 10.2 Å². The third kappa shape index (κ3) is 2.44. The molecule has 84 valence electrons. The molecule has 0 saturated heterocycles. The lowest BCUT2D eigenvalue weighted by atomic mass is 9.80. The largest absolute Gasteiger partial charge is 0.508 e. The van der Waals surface area contributed by atoms with Crippen LogP contribution in [0.3, 0.4) is 0 Å². The summed E-state index contributed by atoms with van der Waals surface area (Å²) in [5, 5.41) is 19.5. The molecule has 0 spiro atoms. The van der Waals surface area contributed by atoms with E-state index in [2.05, 4.69) is 20.8 Å². The van der Waals surface area contributed by atoms with Gasteiger partial charge in [0.05, 0.1) is 0 Å². The summed E-state index contributed by atoms with van der Waals surface area (Å²) in [5.74, 6) is 0.538. The zero-order valence-corrected chi connectivity index (χ0v) is 9.96. The van der Waals surface area contributed by atoms with Gasteiger partial charge in [-0.2, -0.15) is 0 Å². The normalized spacial score (nSPS) is 11.7. The second-order valence-corrected chi connectivity index (χ2v) is 4.79. The minimum absolute atomic E-state index is 0.0932. The van der Waals surface area contributed by atoms with Gasteiger partial charge in [-0.3, -0.25) is 0 Å². The number of benzene rings is 1. The van der Waals surface area contributed by atoms with E-state index in [4.69, 9.17) is 0 Å². The number of aryl methyl sites for hydroxylation is 1. The third-order valence-electron chi connectivity index (χ3n) is 2.92. The Balaban J connectivity index is 3.19. The lowest BCUT2D eigenvalue weighted by Crippen LogP contribution is -2.16. The fraction of sp³-hybridized carbons (Fsp3) is 0.538. The van der Waals surface area contributed by atoms with E-state index in [0.29, 0.717) is 5.56 Å². The first-order valence-corrected chi connectivity index (χ1v) is 5.41. The fourth-order valence-corrected chi connectivity index (χ4v) is 1.98. The molecular weight excluding hydrogens is 188 g/mol. The number of rotatable bonds is 3. The van der Waals surface area contributed by atoms with Gasteiger partial charge in [-0.1, -0.05) is 27.2 Å². The van der Waals surface area contributed by atoms with Crippen molar-refractivity contribution in [2.75, 3.05) is 0 Å². The molecule has 1 rings (SSSR count). The van der Waals surface area contributed by atoms with Crippen LogP contribution in [0.15, 0.2) is 12.1 Å². The van der Waals surface area contributed by atoms with Gasteiger partial charge < -0.3 is 10.2 Å². The maximum Gasteiger partial charge on any atom is 0.119 e. The number of hydrogen-bond donors (Lipinski definition) is 2. The Bertz CT molecular complexity index is 354. The van der Waals surface area contributed by atoms with Crippen LogP contribution in [-0.4, -0.2) is 10.2 Å². The quantitative estimate of drug-likeness (QED) is 0.746. The highest BCUT2D eigenvalue weighted by Crippen LogP contribution is 2.38. The summed E-state index contributed by atoms with van der Waals surface area (Å²) in [7, 11) is 0. The van der Waals surface area contributed by atoms with Crippen molar-refractivity contribution in [1.82, 2.24) is 0 Å². The molecule has 0 radical (unpaired) electrons. The lowest BCUT2D eigenvalue weighted by Gasteiger charge is -2.26. The number of hydrogen-bond acceptors (Lipinski definition) is 2. The highest BCUT2D eigenvalue weighted by Gasteiger charge is 2.23. The Labute approximate surface area is 91.6 Å². The first-order valence-electron chi connectivity index (χ1n) is 5.41. The summed E-state index contributed by atoms with van der Waals surface area (Å²) in [6, 6.07) is 3.31. The van der Waals surface area contributed by atoms with E-state index in [0.717, 1.165) is 18.4 Å². The van der Waals surface area contributed by atoms with Crippen LogP contribution in [-0.2, 0) is 5.41 Å². The first kappa shape index (κ1) is 11.9. The minimum atomic E-state index is -0.0932. The molecule has 0 atom stereocenters. The van der Waals surface area contributed by atoms with Gasteiger partial charge in [0.2, 0.25) is 0 Å². The van der Waals surface area contributed by atoms with E-state index in [1.807, 2.05) is 0 Å². The van der Waals surface area contributed by atoms with Gasteiger partial charge in [-0.15, -0.1) is 0 Å². The van der Waals surface area contributed by atoms with E-state index in [-0.39, 0.29) is 16.9 Å². The molecule has 0 heterocycles. The van der Waals surface area contributed by atoms with Crippen LogP contribution in [0, 0.1) is 6.92 Å². The van der Waals surface area contributed by atoms with Crippen LogP contribution in [0.1, 0.15) is 44.7 Å². The van der Waals surface area contributed by atoms with Crippen LogP contribution >= 0.6 is 0 Å². The Morgan fingerprint density at radius 2 is 1.73 bits per heavy atom. The van der Waals surface area contributed by atoms with Gasteiger partial charge in [0, 0.05) is 5.56 Å². The van der Waals surface area contributed by atoms with E-state index in [9.17, 15) is 10.2 Å². The molecular formula is C13H20O2. The molecule has 0 bridgehead atoms. The minimum Gasteiger partial charge on any atom is -0.508 e. The maximum atomic E-state index is 9.87. The number of phenolic OH excluding ortho intramolecular Hbond substituents is 2. The molecule has 0 unspecified atom stereocenters. The van der Waals surface area contributed by atoms with Crippen molar-refractivity contribution >= 4 is 0 Å². The van der Waals surface area contributed by atoms with E-state index in [1.54, 1.807) is 19.1 Å². The monoisotopic (exact) mass is 208 g/mol. The first-order chi connectivity index (χ1) is 6.88. The molecule has 0 saturated carbocycles. The molecule has 0 amide bonds. The average molecular weight is 208 g/mol. The van der Waals surface area contributed by atoms with Crippen LogP contribution < -0.4 is 0 Å². The van der Waals surface area contributed by atoms with Gasteiger partial charge in [0.15, 0.2) is 0 Å². The van der Waals surface area contributed by atoms with Gasteiger partial charge in [-0.25, -0.2) is 0 Å². The topological polar surface area (TPSA) is 40.5 Å². The van der Waals surface area contributed by atoms with Crippen molar-refractivity contribution in [2.45, 2.75) is 46.0 Å². The summed E-state index contributed by atoms with van der Waals surface area (Å²) in [5.41, 5.74) is 1.44. The van der Waals surface area contributed by atoms with Crippen LogP contribution in [0.25, 0.3) is 0 Å². The van der Waals surface area contributed by atoms with E-state index >= 15 is 0 Å². The number of aromatic hydroxyl groups is 2. The molecule has 2 N–H and O–H groups in total. The Hall–Kier alpha value is -1.18. The van der Waals surface area contributed by atoms with Gasteiger partial charge in [0.1, 0.15) is 11.5 Å². The second-order valence-electron chi connectivity index (χ2n) is 4.79. The predicted octanol–water partition coefficient (Wildman–Crippen LogP) is 3.48. The molecule has 2 nitrogen and oxygen atoms in total. The smallest absolute Gasteiger partial charge is 0.119 e. The SMILES string of the molecule is CCCC(C)(C)c1cc(O)c(C)cc1O. The zero-order valence-electron chi connectivity index (χ0n) is 9.96. The Morgan fingerprint density at radius 3 is 2.27 bits per heavy atom. The predicted molar refractivity (Wildman–Crippen MR) is 62.4 cm³/mol. The highest BCUT2D eigenvalue weighted by atomic mass is 16.3. The zero-order chi connectivity index (χ0) is 11.6. The van der Waals surface area contributed by atoms with Crippen molar-refractivity contribution in [1.29, 1.82) is 0 Å².